The average molecular weight is 285 g/mol. The van der Waals surface area contributed by atoms with Gasteiger partial charge in [-0.3, -0.25) is 4.79 Å². The highest BCUT2D eigenvalue weighted by atomic mass is 35.5. The molecule has 1 amide bonds. The summed E-state index contributed by atoms with van der Waals surface area (Å²) in [7, 11) is 0. The van der Waals surface area contributed by atoms with E-state index in [1.807, 2.05) is 12.1 Å². The maximum atomic E-state index is 11.6. The molecule has 0 heterocycles. The quantitative estimate of drug-likeness (QED) is 0.755. The lowest BCUT2D eigenvalue weighted by Crippen LogP contribution is -2.27. The second-order valence-electron chi connectivity index (χ2n) is 5.08. The summed E-state index contributed by atoms with van der Waals surface area (Å²) in [5.41, 5.74) is 7.77. The molecule has 0 atom stereocenters. The molecule has 0 aliphatic heterocycles. The maximum Gasteiger partial charge on any atom is 0.224 e. The van der Waals surface area contributed by atoms with Gasteiger partial charge in [0.1, 0.15) is 0 Å². The largest absolute Gasteiger partial charge is 0.356 e. The molecule has 0 aromatic heterocycles. The SMILES string of the molecule is CC(C)Cc1ccc(CC(=O)NCCCN)cc1.Cl. The van der Waals surface area contributed by atoms with E-state index in [-0.39, 0.29) is 18.3 Å². The molecule has 1 aromatic carbocycles. The van der Waals surface area contributed by atoms with Gasteiger partial charge in [-0.05, 0) is 36.4 Å². The van der Waals surface area contributed by atoms with Crippen molar-refractivity contribution in [2.24, 2.45) is 11.7 Å². The van der Waals surface area contributed by atoms with E-state index in [0.29, 0.717) is 25.4 Å². The van der Waals surface area contributed by atoms with E-state index in [1.54, 1.807) is 0 Å². The first-order valence-corrected chi connectivity index (χ1v) is 6.66. The Morgan fingerprint density at radius 3 is 2.32 bits per heavy atom. The number of nitrogens with two attached hydrogens (primary N) is 1. The molecule has 0 bridgehead atoms. The fraction of sp³-hybridized carbons (Fsp3) is 0.533. The summed E-state index contributed by atoms with van der Waals surface area (Å²) in [6.07, 6.45) is 2.37. The van der Waals surface area contributed by atoms with E-state index < -0.39 is 0 Å². The summed E-state index contributed by atoms with van der Waals surface area (Å²) >= 11 is 0. The van der Waals surface area contributed by atoms with Crippen LogP contribution < -0.4 is 11.1 Å². The third-order valence-electron chi connectivity index (χ3n) is 2.73. The lowest BCUT2D eigenvalue weighted by molar-refractivity contribution is -0.120. The molecular weight excluding hydrogens is 260 g/mol. The first kappa shape index (κ1) is 17.9. The molecule has 0 spiro atoms. The number of carbonyl (C=O) groups is 1. The zero-order valence-electron chi connectivity index (χ0n) is 11.8. The lowest BCUT2D eigenvalue weighted by atomic mass is 10.0. The van der Waals surface area contributed by atoms with Gasteiger partial charge in [-0.2, -0.15) is 0 Å². The third kappa shape index (κ3) is 7.85. The number of amides is 1. The highest BCUT2D eigenvalue weighted by molar-refractivity contribution is 5.85. The maximum absolute atomic E-state index is 11.6. The van der Waals surface area contributed by atoms with Crippen LogP contribution in [0.2, 0.25) is 0 Å². The summed E-state index contributed by atoms with van der Waals surface area (Å²) < 4.78 is 0. The zero-order chi connectivity index (χ0) is 13.4. The second kappa shape index (κ2) is 9.82. The van der Waals surface area contributed by atoms with Crippen molar-refractivity contribution in [3.63, 3.8) is 0 Å². The van der Waals surface area contributed by atoms with Crippen molar-refractivity contribution in [2.75, 3.05) is 13.1 Å². The Hall–Kier alpha value is -1.06. The smallest absolute Gasteiger partial charge is 0.224 e. The van der Waals surface area contributed by atoms with Crippen molar-refractivity contribution >= 4 is 18.3 Å². The summed E-state index contributed by atoms with van der Waals surface area (Å²) in [6, 6.07) is 8.31. The van der Waals surface area contributed by atoms with E-state index >= 15 is 0 Å². The monoisotopic (exact) mass is 284 g/mol. The fourth-order valence-electron chi connectivity index (χ4n) is 1.84. The van der Waals surface area contributed by atoms with Crippen LogP contribution in [0.15, 0.2) is 24.3 Å². The molecule has 0 unspecified atom stereocenters. The van der Waals surface area contributed by atoms with Crippen molar-refractivity contribution < 1.29 is 4.79 Å². The first-order chi connectivity index (χ1) is 8.61. The van der Waals surface area contributed by atoms with Gasteiger partial charge in [-0.25, -0.2) is 0 Å². The van der Waals surface area contributed by atoms with Gasteiger partial charge in [-0.1, -0.05) is 38.1 Å². The van der Waals surface area contributed by atoms with E-state index in [1.165, 1.54) is 5.56 Å². The first-order valence-electron chi connectivity index (χ1n) is 6.66. The van der Waals surface area contributed by atoms with Crippen molar-refractivity contribution in [2.45, 2.75) is 33.1 Å². The Balaban J connectivity index is 0.00000324. The molecule has 3 nitrogen and oxygen atoms in total. The van der Waals surface area contributed by atoms with Gasteiger partial charge in [-0.15, -0.1) is 12.4 Å². The van der Waals surface area contributed by atoms with Gasteiger partial charge < -0.3 is 11.1 Å². The average Bonchev–Trinajstić information content (AvgIpc) is 2.31. The summed E-state index contributed by atoms with van der Waals surface area (Å²) in [5.74, 6) is 0.732. The zero-order valence-corrected chi connectivity index (χ0v) is 12.6. The Morgan fingerprint density at radius 2 is 1.79 bits per heavy atom. The van der Waals surface area contributed by atoms with Gasteiger partial charge in [0.2, 0.25) is 5.91 Å². The van der Waals surface area contributed by atoms with Gasteiger partial charge in [0.05, 0.1) is 6.42 Å². The Kier molecular flexibility index (Phi) is 9.27. The number of hydrogen-bond donors (Lipinski definition) is 2. The summed E-state index contributed by atoms with van der Waals surface area (Å²) in [4.78, 5) is 11.6. The minimum absolute atomic E-state index is 0. The number of benzene rings is 1. The van der Waals surface area contributed by atoms with E-state index in [9.17, 15) is 4.79 Å². The van der Waals surface area contributed by atoms with Crippen molar-refractivity contribution in [3.05, 3.63) is 35.4 Å². The van der Waals surface area contributed by atoms with Crippen molar-refractivity contribution in [1.82, 2.24) is 5.32 Å². The summed E-state index contributed by atoms with van der Waals surface area (Å²) in [5, 5.41) is 2.86. The number of halogens is 1. The molecule has 0 fully saturated rings. The van der Waals surface area contributed by atoms with Crippen molar-refractivity contribution in [3.8, 4) is 0 Å². The molecule has 0 radical (unpaired) electrons. The van der Waals surface area contributed by atoms with Crippen LogP contribution in [0.5, 0.6) is 0 Å². The topological polar surface area (TPSA) is 55.1 Å². The predicted molar refractivity (Wildman–Crippen MR) is 82.6 cm³/mol. The molecule has 108 valence electrons. The van der Waals surface area contributed by atoms with Gasteiger partial charge in [0.15, 0.2) is 0 Å². The molecule has 0 aliphatic rings. The van der Waals surface area contributed by atoms with E-state index in [4.69, 9.17) is 5.73 Å². The number of carbonyl (C=O) groups excluding carboxylic acids is 1. The molecule has 1 rings (SSSR count). The van der Waals surface area contributed by atoms with Crippen LogP contribution in [0.3, 0.4) is 0 Å². The molecule has 3 N–H and O–H groups in total. The molecule has 0 saturated carbocycles. The highest BCUT2D eigenvalue weighted by Crippen LogP contribution is 2.10. The van der Waals surface area contributed by atoms with Crippen LogP contribution in [0.25, 0.3) is 0 Å². The minimum atomic E-state index is 0. The van der Waals surface area contributed by atoms with Crippen molar-refractivity contribution in [1.29, 1.82) is 0 Å². The normalized spacial score (nSPS) is 10.1. The Morgan fingerprint density at radius 1 is 1.21 bits per heavy atom. The van der Waals surface area contributed by atoms with Gasteiger partial charge >= 0.3 is 0 Å². The fourth-order valence-corrected chi connectivity index (χ4v) is 1.84. The second-order valence-corrected chi connectivity index (χ2v) is 5.08. The highest BCUT2D eigenvalue weighted by Gasteiger charge is 2.03. The van der Waals surface area contributed by atoms with E-state index in [2.05, 4.69) is 31.3 Å². The summed E-state index contributed by atoms with van der Waals surface area (Å²) in [6.45, 7) is 5.70. The number of rotatable bonds is 7. The molecular formula is C15H25ClN2O. The number of hydrogen-bond acceptors (Lipinski definition) is 2. The standard InChI is InChI=1S/C15H24N2O.ClH/c1-12(2)10-13-4-6-14(7-5-13)11-15(18)17-9-3-8-16;/h4-7,12H,3,8-11,16H2,1-2H3,(H,17,18);1H. The lowest BCUT2D eigenvalue weighted by Gasteiger charge is -2.07. The predicted octanol–water partition coefficient (Wildman–Crippen LogP) is 2.31. The Labute approximate surface area is 122 Å². The van der Waals surface area contributed by atoms with Gasteiger partial charge in [0.25, 0.3) is 0 Å². The molecule has 0 aliphatic carbocycles. The van der Waals surface area contributed by atoms with Crippen LogP contribution in [0.4, 0.5) is 0 Å². The Bertz CT molecular complexity index is 363. The van der Waals surface area contributed by atoms with Crippen LogP contribution >= 0.6 is 12.4 Å². The molecule has 1 aromatic rings. The van der Waals surface area contributed by atoms with Crippen LogP contribution in [-0.2, 0) is 17.6 Å². The van der Waals surface area contributed by atoms with Gasteiger partial charge in [0, 0.05) is 6.54 Å². The van der Waals surface area contributed by atoms with Crippen LogP contribution in [0.1, 0.15) is 31.4 Å². The molecule has 0 saturated heterocycles. The molecule has 19 heavy (non-hydrogen) atoms. The minimum Gasteiger partial charge on any atom is -0.356 e. The van der Waals surface area contributed by atoms with Crippen LogP contribution in [-0.4, -0.2) is 19.0 Å². The third-order valence-corrected chi connectivity index (χ3v) is 2.73. The number of nitrogens with one attached hydrogen (secondary N) is 1. The molecule has 4 heteroatoms. The van der Waals surface area contributed by atoms with E-state index in [0.717, 1.165) is 18.4 Å². The van der Waals surface area contributed by atoms with Crippen LogP contribution in [0, 0.1) is 5.92 Å².